The molecular formula is C9H10F2N2O3. The molecule has 0 aliphatic carbocycles. The minimum atomic E-state index is -3.00. The van der Waals surface area contributed by atoms with Gasteiger partial charge in [0.1, 0.15) is 6.61 Å². The third-order valence-corrected chi connectivity index (χ3v) is 2.12. The van der Waals surface area contributed by atoms with Crippen LogP contribution in [-0.4, -0.2) is 42.3 Å². The van der Waals surface area contributed by atoms with E-state index < -0.39 is 18.6 Å². The Kier molecular flexibility index (Phi) is 2.86. The predicted octanol–water partition coefficient (Wildman–Crippen LogP) is 0.898. The fraction of sp³-hybridized carbons (Fsp3) is 0.556. The van der Waals surface area contributed by atoms with E-state index >= 15 is 0 Å². The summed E-state index contributed by atoms with van der Waals surface area (Å²) in [5.74, 6) is -2.56. The molecule has 1 saturated heterocycles. The fourth-order valence-corrected chi connectivity index (χ4v) is 1.23. The van der Waals surface area contributed by atoms with E-state index in [4.69, 9.17) is 9.47 Å². The van der Waals surface area contributed by atoms with E-state index in [1.165, 1.54) is 19.5 Å². The standard InChI is InChI=1S/C9H10F2N2O3/c1-14-6-2-12-8(13-3-6)16-7-4-15-5-9(7,10)11/h2-3,7H,4-5H2,1H3. The van der Waals surface area contributed by atoms with E-state index in [-0.39, 0.29) is 12.6 Å². The molecule has 2 heterocycles. The number of hydrogen-bond donors (Lipinski definition) is 0. The Bertz CT molecular complexity index is 358. The van der Waals surface area contributed by atoms with Gasteiger partial charge in [0, 0.05) is 0 Å². The Labute approximate surface area is 90.4 Å². The van der Waals surface area contributed by atoms with Crippen molar-refractivity contribution >= 4 is 0 Å². The van der Waals surface area contributed by atoms with E-state index in [1.807, 2.05) is 0 Å². The number of methoxy groups -OCH3 is 1. The summed E-state index contributed by atoms with van der Waals surface area (Å²) in [6.07, 6.45) is 1.35. The third-order valence-electron chi connectivity index (χ3n) is 2.12. The predicted molar refractivity (Wildman–Crippen MR) is 48.8 cm³/mol. The van der Waals surface area contributed by atoms with Gasteiger partial charge in [0.05, 0.1) is 26.1 Å². The van der Waals surface area contributed by atoms with Crippen LogP contribution in [0.1, 0.15) is 0 Å². The van der Waals surface area contributed by atoms with Crippen molar-refractivity contribution in [1.82, 2.24) is 9.97 Å². The van der Waals surface area contributed by atoms with Crippen molar-refractivity contribution in [2.45, 2.75) is 12.0 Å². The monoisotopic (exact) mass is 232 g/mol. The van der Waals surface area contributed by atoms with Crippen molar-refractivity contribution in [3.8, 4) is 11.8 Å². The zero-order valence-electron chi connectivity index (χ0n) is 8.52. The summed E-state index contributed by atoms with van der Waals surface area (Å²) in [5, 5.41) is 0. The normalized spacial score (nSPS) is 23.1. The van der Waals surface area contributed by atoms with E-state index in [2.05, 4.69) is 14.7 Å². The highest BCUT2D eigenvalue weighted by Gasteiger charge is 2.47. The van der Waals surface area contributed by atoms with Gasteiger partial charge in [-0.15, -0.1) is 0 Å². The van der Waals surface area contributed by atoms with Crippen LogP contribution in [0.3, 0.4) is 0 Å². The van der Waals surface area contributed by atoms with Crippen LogP contribution in [0, 0.1) is 0 Å². The molecule has 1 aromatic heterocycles. The average molecular weight is 232 g/mol. The largest absolute Gasteiger partial charge is 0.494 e. The molecule has 0 radical (unpaired) electrons. The molecule has 0 N–H and O–H groups in total. The van der Waals surface area contributed by atoms with Gasteiger partial charge in [-0.25, -0.2) is 0 Å². The van der Waals surface area contributed by atoms with Gasteiger partial charge in [0.2, 0.25) is 0 Å². The van der Waals surface area contributed by atoms with Crippen LogP contribution >= 0.6 is 0 Å². The first-order valence-electron chi connectivity index (χ1n) is 4.60. The lowest BCUT2D eigenvalue weighted by Gasteiger charge is -2.16. The van der Waals surface area contributed by atoms with Crippen molar-refractivity contribution in [2.24, 2.45) is 0 Å². The maximum atomic E-state index is 13.1. The molecule has 1 unspecified atom stereocenters. The molecule has 1 aromatic rings. The molecule has 0 amide bonds. The van der Waals surface area contributed by atoms with Crippen molar-refractivity contribution in [3.05, 3.63) is 12.4 Å². The van der Waals surface area contributed by atoms with Gasteiger partial charge in [-0.1, -0.05) is 0 Å². The maximum absolute atomic E-state index is 13.1. The minimum absolute atomic E-state index is 0.115. The van der Waals surface area contributed by atoms with E-state index in [1.54, 1.807) is 0 Å². The second-order valence-corrected chi connectivity index (χ2v) is 3.29. The molecule has 88 valence electrons. The molecule has 0 spiro atoms. The van der Waals surface area contributed by atoms with Crippen LogP contribution in [0.5, 0.6) is 11.8 Å². The molecule has 1 aliphatic heterocycles. The molecule has 1 aliphatic rings. The first-order valence-corrected chi connectivity index (χ1v) is 4.60. The Hall–Kier alpha value is -1.50. The van der Waals surface area contributed by atoms with Gasteiger partial charge in [0.15, 0.2) is 11.9 Å². The quantitative estimate of drug-likeness (QED) is 0.774. The number of ether oxygens (including phenoxy) is 3. The molecule has 2 rings (SSSR count). The zero-order valence-corrected chi connectivity index (χ0v) is 8.52. The summed E-state index contributed by atoms with van der Waals surface area (Å²) in [4.78, 5) is 7.46. The Morgan fingerprint density at radius 2 is 2.12 bits per heavy atom. The molecule has 16 heavy (non-hydrogen) atoms. The summed E-state index contributed by atoms with van der Waals surface area (Å²) in [5.41, 5.74) is 0. The second kappa shape index (κ2) is 4.17. The van der Waals surface area contributed by atoms with Crippen molar-refractivity contribution < 1.29 is 23.0 Å². The Morgan fingerprint density at radius 3 is 2.62 bits per heavy atom. The van der Waals surface area contributed by atoms with Crippen molar-refractivity contribution in [3.63, 3.8) is 0 Å². The summed E-state index contributed by atoms with van der Waals surface area (Å²) >= 11 is 0. The van der Waals surface area contributed by atoms with Gasteiger partial charge < -0.3 is 14.2 Å². The van der Waals surface area contributed by atoms with Crippen LogP contribution in [0.2, 0.25) is 0 Å². The van der Waals surface area contributed by atoms with E-state index in [0.29, 0.717) is 5.75 Å². The summed E-state index contributed by atoms with van der Waals surface area (Å²) in [6.45, 7) is -0.795. The lowest BCUT2D eigenvalue weighted by molar-refractivity contribution is -0.0684. The number of hydrogen-bond acceptors (Lipinski definition) is 5. The van der Waals surface area contributed by atoms with Gasteiger partial charge >= 0.3 is 11.9 Å². The van der Waals surface area contributed by atoms with Crippen LogP contribution in [0.4, 0.5) is 8.78 Å². The Morgan fingerprint density at radius 1 is 1.44 bits per heavy atom. The van der Waals surface area contributed by atoms with E-state index in [9.17, 15) is 8.78 Å². The third kappa shape index (κ3) is 2.19. The number of nitrogens with zero attached hydrogens (tertiary/aromatic N) is 2. The van der Waals surface area contributed by atoms with Gasteiger partial charge in [-0.3, -0.25) is 0 Å². The number of alkyl halides is 2. The lowest BCUT2D eigenvalue weighted by atomic mass is 10.2. The summed E-state index contributed by atoms with van der Waals surface area (Å²) in [7, 11) is 1.46. The van der Waals surface area contributed by atoms with Crippen LogP contribution in [-0.2, 0) is 4.74 Å². The number of halogens is 2. The molecule has 7 heteroatoms. The second-order valence-electron chi connectivity index (χ2n) is 3.29. The summed E-state index contributed by atoms with van der Waals surface area (Å²) < 4.78 is 40.6. The van der Waals surface area contributed by atoms with Gasteiger partial charge in [0.25, 0.3) is 0 Å². The first kappa shape index (κ1) is 11.0. The van der Waals surface area contributed by atoms with Crippen molar-refractivity contribution in [1.29, 1.82) is 0 Å². The molecule has 0 saturated carbocycles. The average Bonchev–Trinajstić information content (AvgIpc) is 2.59. The van der Waals surface area contributed by atoms with Crippen LogP contribution in [0.15, 0.2) is 12.4 Å². The fourth-order valence-electron chi connectivity index (χ4n) is 1.23. The van der Waals surface area contributed by atoms with E-state index in [0.717, 1.165) is 0 Å². The molecule has 0 aromatic carbocycles. The SMILES string of the molecule is COc1cnc(OC2COCC2(F)F)nc1. The zero-order chi connectivity index (χ0) is 11.6. The number of aromatic nitrogens is 2. The molecule has 0 bridgehead atoms. The topological polar surface area (TPSA) is 53.5 Å². The molecular weight excluding hydrogens is 222 g/mol. The van der Waals surface area contributed by atoms with Gasteiger partial charge in [-0.2, -0.15) is 18.7 Å². The highest BCUT2D eigenvalue weighted by atomic mass is 19.3. The lowest BCUT2D eigenvalue weighted by Crippen LogP contribution is -2.36. The molecule has 1 atom stereocenters. The summed E-state index contributed by atoms with van der Waals surface area (Å²) in [6, 6.07) is -0.115. The smallest absolute Gasteiger partial charge is 0.317 e. The number of rotatable bonds is 3. The molecule has 1 fully saturated rings. The first-order chi connectivity index (χ1) is 7.62. The van der Waals surface area contributed by atoms with Crippen LogP contribution in [0.25, 0.3) is 0 Å². The minimum Gasteiger partial charge on any atom is -0.494 e. The highest BCUT2D eigenvalue weighted by molar-refractivity contribution is 5.14. The van der Waals surface area contributed by atoms with Gasteiger partial charge in [-0.05, 0) is 0 Å². The maximum Gasteiger partial charge on any atom is 0.317 e. The molecule has 5 nitrogen and oxygen atoms in total. The van der Waals surface area contributed by atoms with Crippen molar-refractivity contribution in [2.75, 3.05) is 20.3 Å². The Balaban J connectivity index is 2.03. The van der Waals surface area contributed by atoms with Crippen LogP contribution < -0.4 is 9.47 Å². The highest BCUT2D eigenvalue weighted by Crippen LogP contribution is 2.28.